The van der Waals surface area contributed by atoms with Crippen LogP contribution in [-0.2, 0) is 32.7 Å². The molecule has 6 N–H and O–H groups in total. The van der Waals surface area contributed by atoms with Gasteiger partial charge in [-0.1, -0.05) is 173 Å². The second kappa shape index (κ2) is 35.6. The maximum Gasteiger partial charge on any atom is 0.472 e. The lowest BCUT2D eigenvalue weighted by atomic mass is 9.85. The normalized spacial score (nSPS) is 22.6. The van der Waals surface area contributed by atoms with Crippen LogP contribution in [0.3, 0.4) is 0 Å². The van der Waals surface area contributed by atoms with Crippen LogP contribution in [0.25, 0.3) is 0 Å². The van der Waals surface area contributed by atoms with E-state index in [1.54, 1.807) is 6.08 Å². The van der Waals surface area contributed by atoms with E-state index in [1.807, 2.05) is 18.2 Å². The average molecular weight is 861 g/mol. The van der Waals surface area contributed by atoms with E-state index in [1.165, 1.54) is 128 Å². The van der Waals surface area contributed by atoms with E-state index in [2.05, 4.69) is 13.8 Å². The molecule has 8 atom stereocenters. The van der Waals surface area contributed by atoms with Crippen molar-refractivity contribution in [1.82, 2.24) is 0 Å². The lowest BCUT2D eigenvalue weighted by molar-refractivity contribution is -0.220. The fourth-order valence-electron chi connectivity index (χ4n) is 6.87. The lowest BCUT2D eigenvalue weighted by Crippen LogP contribution is -2.64. The molecule has 0 radical (unpaired) electrons. The van der Waals surface area contributed by atoms with Crippen molar-refractivity contribution in [2.45, 2.75) is 224 Å². The lowest BCUT2D eigenvalue weighted by Gasteiger charge is -2.41. The van der Waals surface area contributed by atoms with Gasteiger partial charge in [0.15, 0.2) is 6.10 Å². The molecular formula is C45H81O13P. The summed E-state index contributed by atoms with van der Waals surface area (Å²) in [6, 6.07) is 0. The highest BCUT2D eigenvalue weighted by Gasteiger charge is 2.51. The number of carbonyl (C=O) groups is 2. The van der Waals surface area contributed by atoms with Crippen LogP contribution in [0.1, 0.15) is 181 Å². The number of phosphoric acid groups is 1. The number of aliphatic hydroxyl groups excluding tert-OH is 5. The minimum absolute atomic E-state index is 0.00509. The van der Waals surface area contributed by atoms with Crippen molar-refractivity contribution in [3.63, 3.8) is 0 Å². The Morgan fingerprint density at radius 1 is 0.559 bits per heavy atom. The van der Waals surface area contributed by atoms with Crippen molar-refractivity contribution >= 4 is 19.8 Å². The Bertz CT molecular complexity index is 1180. The molecule has 13 nitrogen and oxygen atoms in total. The molecule has 1 aliphatic carbocycles. The van der Waals surface area contributed by atoms with E-state index in [0.717, 1.165) is 38.5 Å². The van der Waals surface area contributed by atoms with Gasteiger partial charge in [-0.2, -0.15) is 0 Å². The van der Waals surface area contributed by atoms with Crippen molar-refractivity contribution in [2.75, 3.05) is 13.2 Å². The molecule has 0 amide bonds. The summed E-state index contributed by atoms with van der Waals surface area (Å²) in [4.78, 5) is 35.5. The summed E-state index contributed by atoms with van der Waals surface area (Å²) in [5.41, 5.74) is 0. The zero-order valence-electron chi connectivity index (χ0n) is 36.3. The van der Waals surface area contributed by atoms with Gasteiger partial charge in [0.25, 0.3) is 0 Å². The predicted octanol–water partition coefficient (Wildman–Crippen LogP) is 8.61. The minimum Gasteiger partial charge on any atom is -0.458 e. The summed E-state index contributed by atoms with van der Waals surface area (Å²) in [6.45, 7) is 3.16. The van der Waals surface area contributed by atoms with Gasteiger partial charge in [-0.05, 0) is 32.1 Å². The number of carbonyl (C=O) groups excluding carboxylic acids is 2. The number of rotatable bonds is 37. The smallest absolute Gasteiger partial charge is 0.458 e. The number of hydrogen-bond acceptors (Lipinski definition) is 12. The van der Waals surface area contributed by atoms with Gasteiger partial charge < -0.3 is 39.9 Å². The first-order valence-corrected chi connectivity index (χ1v) is 24.3. The summed E-state index contributed by atoms with van der Waals surface area (Å²) >= 11 is 0. The van der Waals surface area contributed by atoms with E-state index < -0.39 is 75.7 Å². The van der Waals surface area contributed by atoms with Gasteiger partial charge in [-0.15, -0.1) is 0 Å². The van der Waals surface area contributed by atoms with E-state index >= 15 is 0 Å². The molecule has 14 heteroatoms. The molecule has 0 aromatic heterocycles. The van der Waals surface area contributed by atoms with Crippen LogP contribution < -0.4 is 0 Å². The number of esters is 2. The molecule has 1 rings (SSSR count). The first-order chi connectivity index (χ1) is 28.4. The summed E-state index contributed by atoms with van der Waals surface area (Å²) < 4.78 is 33.2. The van der Waals surface area contributed by atoms with E-state index in [4.69, 9.17) is 18.5 Å². The zero-order valence-corrected chi connectivity index (χ0v) is 37.2. The molecule has 0 bridgehead atoms. The van der Waals surface area contributed by atoms with E-state index in [0.29, 0.717) is 6.42 Å². The van der Waals surface area contributed by atoms with Crippen molar-refractivity contribution < 1.29 is 63.1 Å². The second-order valence-electron chi connectivity index (χ2n) is 16.0. The number of hydrogen-bond donors (Lipinski definition) is 6. The van der Waals surface area contributed by atoms with Gasteiger partial charge in [0, 0.05) is 12.5 Å². The molecule has 1 aliphatic rings. The predicted molar refractivity (Wildman–Crippen MR) is 230 cm³/mol. The number of ether oxygens (including phenoxy) is 2. The maximum absolute atomic E-state index is 12.8. The van der Waals surface area contributed by atoms with Crippen LogP contribution in [0.4, 0.5) is 0 Å². The third-order valence-corrected chi connectivity index (χ3v) is 11.6. The first kappa shape index (κ1) is 55.1. The highest BCUT2D eigenvalue weighted by atomic mass is 31.2. The molecule has 344 valence electrons. The van der Waals surface area contributed by atoms with Crippen LogP contribution in [0.2, 0.25) is 0 Å². The summed E-state index contributed by atoms with van der Waals surface area (Å²) in [6.07, 6.45) is 27.1. The Hall–Kier alpha value is -1.93. The van der Waals surface area contributed by atoms with Gasteiger partial charge in [0.05, 0.1) is 6.61 Å². The molecule has 0 aromatic rings. The van der Waals surface area contributed by atoms with Gasteiger partial charge >= 0.3 is 19.8 Å². The third kappa shape index (κ3) is 28.3. The topological polar surface area (TPSA) is 210 Å². The summed E-state index contributed by atoms with van der Waals surface area (Å²) in [5, 5.41) is 50.1. The maximum atomic E-state index is 12.8. The molecule has 0 aliphatic heterocycles. The van der Waals surface area contributed by atoms with Crippen molar-refractivity contribution in [2.24, 2.45) is 0 Å². The first-order valence-electron chi connectivity index (χ1n) is 22.8. The summed E-state index contributed by atoms with van der Waals surface area (Å²) in [5.74, 6) is -1.41. The highest BCUT2D eigenvalue weighted by Crippen LogP contribution is 2.47. The third-order valence-electron chi connectivity index (χ3n) is 10.6. The fourth-order valence-corrected chi connectivity index (χ4v) is 7.84. The molecular weight excluding hydrogens is 779 g/mol. The molecule has 1 saturated carbocycles. The molecule has 0 aromatic carbocycles. The molecule has 0 spiro atoms. The number of aliphatic hydroxyl groups is 5. The fraction of sp³-hybridized carbons (Fsp3) is 0.822. The summed E-state index contributed by atoms with van der Waals surface area (Å²) in [7, 11) is -5.14. The van der Waals surface area contributed by atoms with Gasteiger partial charge in [0.1, 0.15) is 43.2 Å². The van der Waals surface area contributed by atoms with Gasteiger partial charge in [-0.3, -0.25) is 13.8 Å². The number of allylic oxidation sites excluding steroid dienone is 5. The van der Waals surface area contributed by atoms with Crippen LogP contribution in [0, 0.1) is 0 Å². The Morgan fingerprint density at radius 2 is 0.983 bits per heavy atom. The van der Waals surface area contributed by atoms with Gasteiger partial charge in [0.2, 0.25) is 0 Å². The SMILES string of the molecule is CCCCCCCCCCCCC/C=C/C=C/C(=O)OC[C@H](COP(=O)(O)OC1C(O)C(O)C(O)[C@@H](O)C1O)OC(=O)CC/C=C/CCCCCCCCCCCCC. The Balaban J connectivity index is 2.54. The molecule has 1 fully saturated rings. The minimum atomic E-state index is -5.14. The Labute approximate surface area is 355 Å². The number of unbranched alkanes of at least 4 members (excludes halogenated alkanes) is 22. The molecule has 59 heavy (non-hydrogen) atoms. The van der Waals surface area contributed by atoms with Crippen LogP contribution in [0.15, 0.2) is 36.5 Å². The monoisotopic (exact) mass is 861 g/mol. The molecule has 6 unspecified atom stereocenters. The van der Waals surface area contributed by atoms with E-state index in [9.17, 15) is 44.6 Å². The van der Waals surface area contributed by atoms with Crippen molar-refractivity contribution in [3.8, 4) is 0 Å². The molecule has 0 saturated heterocycles. The zero-order chi connectivity index (χ0) is 43.6. The molecule has 0 heterocycles. The second-order valence-corrected chi connectivity index (χ2v) is 17.4. The number of phosphoric ester groups is 1. The highest BCUT2D eigenvalue weighted by molar-refractivity contribution is 7.47. The Morgan fingerprint density at radius 3 is 1.47 bits per heavy atom. The van der Waals surface area contributed by atoms with Crippen molar-refractivity contribution in [3.05, 3.63) is 36.5 Å². The van der Waals surface area contributed by atoms with Crippen LogP contribution in [0.5, 0.6) is 0 Å². The van der Waals surface area contributed by atoms with Crippen molar-refractivity contribution in [1.29, 1.82) is 0 Å². The largest absolute Gasteiger partial charge is 0.472 e. The standard InChI is InChI=1S/C45H81O13P/c1-3-5-7-9-11-13-15-17-19-21-23-25-27-29-31-33-38(46)55-35-37(36-56-59(53,54)58-45-43(51)41(49)40(48)42(50)44(45)52)57-39(47)34-32-30-28-26-24-22-20-18-16-14-12-10-8-6-4-2/h27-31,33,37,40-45,48-52H,3-26,32,34-36H2,1-2H3,(H,53,54)/b29-27+,30-28+,33-31+/t37-,40?,41-,42?,43?,44?,45?/m1/s1. The Kier molecular flexibility index (Phi) is 33.3. The van der Waals surface area contributed by atoms with E-state index in [-0.39, 0.29) is 6.42 Å². The average Bonchev–Trinajstić information content (AvgIpc) is 3.21. The quantitative estimate of drug-likeness (QED) is 0.00864. The van der Waals surface area contributed by atoms with Gasteiger partial charge in [-0.25, -0.2) is 9.36 Å². The van der Waals surface area contributed by atoms with Crippen LogP contribution >= 0.6 is 7.82 Å². The van der Waals surface area contributed by atoms with Crippen LogP contribution in [-0.4, -0.2) is 98.3 Å².